The van der Waals surface area contributed by atoms with Crippen molar-refractivity contribution in [1.29, 1.82) is 0 Å². The molecule has 1 aliphatic heterocycles. The number of hydrogen-bond acceptors (Lipinski definition) is 1. The molecule has 0 radical (unpaired) electrons. The number of likely N-dealkylation sites (tertiary alicyclic amines) is 1. The molecule has 0 bridgehead atoms. The third kappa shape index (κ3) is 2.14. The van der Waals surface area contributed by atoms with Crippen LogP contribution in [0.1, 0.15) is 23.2 Å². The molecule has 2 nitrogen and oxygen atoms in total. The second kappa shape index (κ2) is 3.96. The summed E-state index contributed by atoms with van der Waals surface area (Å²) >= 11 is 0. The highest BCUT2D eigenvalue weighted by molar-refractivity contribution is 5.94. The molecule has 0 N–H and O–H groups in total. The van der Waals surface area contributed by atoms with Gasteiger partial charge in [0.1, 0.15) is 11.6 Å². The fraction of sp³-hybridized carbons (Fsp3) is 0.364. The second-order valence-electron chi connectivity index (χ2n) is 3.66. The molecule has 2 rings (SSSR count). The highest BCUT2D eigenvalue weighted by atomic mass is 19.1. The number of halogens is 2. The average molecular weight is 211 g/mol. The Morgan fingerprint density at radius 3 is 2.13 bits per heavy atom. The lowest BCUT2D eigenvalue weighted by Crippen LogP contribution is -2.27. The predicted molar refractivity (Wildman–Crippen MR) is 51.5 cm³/mol. The van der Waals surface area contributed by atoms with Crippen molar-refractivity contribution in [3.63, 3.8) is 0 Å². The lowest BCUT2D eigenvalue weighted by Gasteiger charge is -2.14. The molecule has 1 heterocycles. The van der Waals surface area contributed by atoms with E-state index in [0.29, 0.717) is 13.1 Å². The number of carbonyl (C=O) groups is 1. The molecule has 1 saturated heterocycles. The van der Waals surface area contributed by atoms with Crippen LogP contribution >= 0.6 is 0 Å². The maximum absolute atomic E-state index is 12.9. The van der Waals surface area contributed by atoms with E-state index >= 15 is 0 Å². The summed E-state index contributed by atoms with van der Waals surface area (Å²) in [5.41, 5.74) is 0.0920. The van der Waals surface area contributed by atoms with Crippen molar-refractivity contribution in [2.24, 2.45) is 0 Å². The van der Waals surface area contributed by atoms with Crippen LogP contribution in [-0.2, 0) is 0 Å². The van der Waals surface area contributed by atoms with Gasteiger partial charge in [0.2, 0.25) is 0 Å². The Hall–Kier alpha value is -1.45. The van der Waals surface area contributed by atoms with Gasteiger partial charge in [-0.2, -0.15) is 0 Å². The smallest absolute Gasteiger partial charge is 0.254 e. The number of amides is 1. The van der Waals surface area contributed by atoms with Crippen molar-refractivity contribution in [3.05, 3.63) is 35.4 Å². The first-order valence-electron chi connectivity index (χ1n) is 4.92. The molecule has 0 aliphatic carbocycles. The van der Waals surface area contributed by atoms with Crippen molar-refractivity contribution >= 4 is 5.91 Å². The monoisotopic (exact) mass is 211 g/mol. The van der Waals surface area contributed by atoms with Crippen LogP contribution in [0.3, 0.4) is 0 Å². The van der Waals surface area contributed by atoms with E-state index in [-0.39, 0.29) is 11.5 Å². The molecule has 1 fully saturated rings. The molecule has 0 spiro atoms. The van der Waals surface area contributed by atoms with Crippen LogP contribution < -0.4 is 0 Å². The van der Waals surface area contributed by atoms with Gasteiger partial charge in [0, 0.05) is 24.7 Å². The number of rotatable bonds is 1. The van der Waals surface area contributed by atoms with Gasteiger partial charge in [0.15, 0.2) is 0 Å². The fourth-order valence-electron chi connectivity index (χ4n) is 1.78. The van der Waals surface area contributed by atoms with E-state index in [2.05, 4.69) is 0 Å². The zero-order valence-electron chi connectivity index (χ0n) is 8.17. The molecule has 0 saturated carbocycles. The maximum atomic E-state index is 12.9. The van der Waals surface area contributed by atoms with Gasteiger partial charge < -0.3 is 4.90 Å². The molecular weight excluding hydrogens is 200 g/mol. The summed E-state index contributed by atoms with van der Waals surface area (Å²) in [4.78, 5) is 13.4. The highest BCUT2D eigenvalue weighted by Gasteiger charge is 2.20. The van der Waals surface area contributed by atoms with E-state index in [1.807, 2.05) is 0 Å². The first-order chi connectivity index (χ1) is 7.16. The fourth-order valence-corrected chi connectivity index (χ4v) is 1.78. The number of nitrogens with zero attached hydrogens (tertiary/aromatic N) is 1. The Kier molecular flexibility index (Phi) is 2.66. The highest BCUT2D eigenvalue weighted by Crippen LogP contribution is 2.14. The summed E-state index contributed by atoms with van der Waals surface area (Å²) in [6.07, 6.45) is 1.92. The second-order valence-corrected chi connectivity index (χ2v) is 3.66. The molecule has 1 aromatic carbocycles. The van der Waals surface area contributed by atoms with Gasteiger partial charge in [-0.25, -0.2) is 8.78 Å². The number of carbonyl (C=O) groups excluding carboxylic acids is 1. The first-order valence-corrected chi connectivity index (χ1v) is 4.92. The average Bonchev–Trinajstić information content (AvgIpc) is 2.67. The predicted octanol–water partition coefficient (Wildman–Crippen LogP) is 2.20. The van der Waals surface area contributed by atoms with Crippen molar-refractivity contribution in [2.45, 2.75) is 12.8 Å². The van der Waals surface area contributed by atoms with Crippen LogP contribution in [0.4, 0.5) is 8.78 Å². The third-order valence-electron chi connectivity index (χ3n) is 2.50. The normalized spacial score (nSPS) is 15.7. The van der Waals surface area contributed by atoms with Crippen molar-refractivity contribution in [1.82, 2.24) is 4.90 Å². The van der Waals surface area contributed by atoms with Crippen LogP contribution in [0, 0.1) is 11.6 Å². The number of benzene rings is 1. The Morgan fingerprint density at radius 1 is 1.07 bits per heavy atom. The summed E-state index contributed by atoms with van der Waals surface area (Å²) in [6, 6.07) is 2.91. The van der Waals surface area contributed by atoms with Crippen molar-refractivity contribution in [3.8, 4) is 0 Å². The van der Waals surface area contributed by atoms with Gasteiger partial charge in [-0.05, 0) is 25.0 Å². The lowest BCUT2D eigenvalue weighted by atomic mass is 10.2. The van der Waals surface area contributed by atoms with Gasteiger partial charge in [-0.3, -0.25) is 4.79 Å². The summed E-state index contributed by atoms with van der Waals surface area (Å²) in [6.45, 7) is 1.36. The SMILES string of the molecule is O=C(c1cc(F)cc(F)c1)N1CCCC1. The van der Waals surface area contributed by atoms with Gasteiger partial charge in [-0.15, -0.1) is 0 Å². The molecular formula is C11H11F2NO. The molecule has 0 aromatic heterocycles. The van der Waals surface area contributed by atoms with Crippen molar-refractivity contribution < 1.29 is 13.6 Å². The lowest BCUT2D eigenvalue weighted by molar-refractivity contribution is 0.0792. The van der Waals surface area contributed by atoms with Crippen LogP contribution in [0.2, 0.25) is 0 Å². The summed E-state index contributed by atoms with van der Waals surface area (Å²) < 4.78 is 25.7. The third-order valence-corrected chi connectivity index (χ3v) is 2.50. The molecule has 0 unspecified atom stereocenters. The van der Waals surface area contributed by atoms with Gasteiger partial charge >= 0.3 is 0 Å². The minimum Gasteiger partial charge on any atom is -0.339 e. The maximum Gasteiger partial charge on any atom is 0.254 e. The van der Waals surface area contributed by atoms with E-state index in [0.717, 1.165) is 31.0 Å². The van der Waals surface area contributed by atoms with E-state index in [4.69, 9.17) is 0 Å². The molecule has 0 atom stereocenters. The minimum atomic E-state index is -0.711. The Balaban J connectivity index is 2.24. The summed E-state index contributed by atoms with van der Waals surface area (Å²) in [5.74, 6) is -1.71. The van der Waals surface area contributed by atoms with Crippen LogP contribution in [-0.4, -0.2) is 23.9 Å². The Labute approximate surface area is 86.5 Å². The molecule has 80 valence electrons. The largest absolute Gasteiger partial charge is 0.339 e. The zero-order valence-corrected chi connectivity index (χ0v) is 8.17. The van der Waals surface area contributed by atoms with Crippen LogP contribution in [0.25, 0.3) is 0 Å². The molecule has 1 aromatic rings. The minimum absolute atomic E-state index is 0.0920. The van der Waals surface area contributed by atoms with E-state index in [1.165, 1.54) is 0 Å². The topological polar surface area (TPSA) is 20.3 Å². The molecule has 1 aliphatic rings. The first kappa shape index (κ1) is 10.1. The summed E-state index contributed by atoms with van der Waals surface area (Å²) in [7, 11) is 0. The zero-order chi connectivity index (χ0) is 10.8. The summed E-state index contributed by atoms with van der Waals surface area (Å²) in [5, 5.41) is 0. The molecule has 1 amide bonds. The van der Waals surface area contributed by atoms with Crippen LogP contribution in [0.5, 0.6) is 0 Å². The number of hydrogen-bond donors (Lipinski definition) is 0. The van der Waals surface area contributed by atoms with Crippen LogP contribution in [0.15, 0.2) is 18.2 Å². The standard InChI is InChI=1S/C11H11F2NO/c12-9-5-8(6-10(13)7-9)11(15)14-3-1-2-4-14/h5-7H,1-4H2. The molecule has 4 heteroatoms. The quantitative estimate of drug-likeness (QED) is 0.697. The Bertz CT molecular complexity index is 366. The van der Waals surface area contributed by atoms with E-state index in [1.54, 1.807) is 4.90 Å². The van der Waals surface area contributed by atoms with E-state index < -0.39 is 11.6 Å². The van der Waals surface area contributed by atoms with Gasteiger partial charge in [0.25, 0.3) is 5.91 Å². The molecule has 15 heavy (non-hydrogen) atoms. The Morgan fingerprint density at radius 2 is 1.60 bits per heavy atom. The van der Waals surface area contributed by atoms with E-state index in [9.17, 15) is 13.6 Å². The van der Waals surface area contributed by atoms with Crippen molar-refractivity contribution in [2.75, 3.05) is 13.1 Å². The van der Waals surface area contributed by atoms with Gasteiger partial charge in [-0.1, -0.05) is 0 Å². The van der Waals surface area contributed by atoms with Gasteiger partial charge in [0.05, 0.1) is 0 Å².